The molecule has 0 aliphatic rings. The van der Waals surface area contributed by atoms with Crippen molar-refractivity contribution in [2.75, 3.05) is 0 Å². The van der Waals surface area contributed by atoms with E-state index < -0.39 is 17.9 Å². The van der Waals surface area contributed by atoms with Crippen molar-refractivity contribution in [3.8, 4) is 0 Å². The van der Waals surface area contributed by atoms with Gasteiger partial charge in [0.25, 0.3) is 6.43 Å². The molecule has 1 aromatic heterocycles. The van der Waals surface area contributed by atoms with Crippen molar-refractivity contribution in [2.24, 2.45) is 0 Å². The average molecular weight is 226 g/mol. The van der Waals surface area contributed by atoms with Crippen molar-refractivity contribution in [2.45, 2.75) is 6.43 Å². The lowest BCUT2D eigenvalue weighted by Crippen LogP contribution is -1.93. The standard InChI is InChI=1S/C6H3BrF3N/c7-4-2-1-3(5(8)9)6(10)11-4/h1-2,5H. The van der Waals surface area contributed by atoms with Gasteiger partial charge >= 0.3 is 0 Å². The minimum Gasteiger partial charge on any atom is -0.212 e. The predicted octanol–water partition coefficient (Wildman–Crippen LogP) is 2.92. The zero-order chi connectivity index (χ0) is 8.43. The molecule has 0 fully saturated rings. The fraction of sp³-hybridized carbons (Fsp3) is 0.167. The highest BCUT2D eigenvalue weighted by molar-refractivity contribution is 9.10. The Kier molecular flexibility index (Phi) is 2.49. The van der Waals surface area contributed by atoms with Crippen LogP contribution >= 0.6 is 15.9 Å². The molecule has 0 N–H and O–H groups in total. The molecule has 60 valence electrons. The minimum atomic E-state index is -2.81. The number of pyridine rings is 1. The Morgan fingerprint density at radius 1 is 1.36 bits per heavy atom. The number of rotatable bonds is 1. The summed E-state index contributed by atoms with van der Waals surface area (Å²) in [5.41, 5.74) is -0.673. The lowest BCUT2D eigenvalue weighted by Gasteiger charge is -1.99. The molecule has 0 aliphatic carbocycles. The highest BCUT2D eigenvalue weighted by Crippen LogP contribution is 2.21. The Morgan fingerprint density at radius 3 is 2.45 bits per heavy atom. The van der Waals surface area contributed by atoms with E-state index in [1.54, 1.807) is 0 Å². The second-order valence-corrected chi connectivity index (χ2v) is 2.63. The third kappa shape index (κ3) is 1.92. The molecule has 1 nitrogen and oxygen atoms in total. The van der Waals surface area contributed by atoms with Crippen molar-refractivity contribution < 1.29 is 13.2 Å². The van der Waals surface area contributed by atoms with Gasteiger partial charge in [-0.15, -0.1) is 0 Å². The van der Waals surface area contributed by atoms with E-state index in [1.165, 1.54) is 6.07 Å². The zero-order valence-corrected chi connectivity index (χ0v) is 6.78. The van der Waals surface area contributed by atoms with Gasteiger partial charge in [-0.1, -0.05) is 0 Å². The maximum atomic E-state index is 12.5. The second-order valence-electron chi connectivity index (χ2n) is 1.81. The van der Waals surface area contributed by atoms with Crippen LogP contribution in [0.3, 0.4) is 0 Å². The van der Waals surface area contributed by atoms with Crippen molar-refractivity contribution in [1.82, 2.24) is 4.98 Å². The maximum absolute atomic E-state index is 12.5. The van der Waals surface area contributed by atoms with Gasteiger partial charge in [-0.2, -0.15) is 4.39 Å². The lowest BCUT2D eigenvalue weighted by atomic mass is 10.3. The van der Waals surface area contributed by atoms with Gasteiger partial charge in [-0.05, 0) is 28.1 Å². The highest BCUT2D eigenvalue weighted by atomic mass is 79.9. The number of aromatic nitrogens is 1. The molecule has 1 rings (SSSR count). The lowest BCUT2D eigenvalue weighted by molar-refractivity contribution is 0.145. The van der Waals surface area contributed by atoms with Crippen LogP contribution in [0, 0.1) is 5.95 Å². The fourth-order valence-corrected chi connectivity index (χ4v) is 0.874. The molecule has 0 amide bonds. The summed E-state index contributed by atoms with van der Waals surface area (Å²) in [5.74, 6) is -1.13. The SMILES string of the molecule is Fc1nc(Br)ccc1C(F)F. The molecule has 0 saturated heterocycles. The fourth-order valence-electron chi connectivity index (χ4n) is 0.586. The summed E-state index contributed by atoms with van der Waals surface area (Å²) in [7, 11) is 0. The van der Waals surface area contributed by atoms with E-state index in [1.807, 2.05) is 0 Å². The molecule has 11 heavy (non-hydrogen) atoms. The monoisotopic (exact) mass is 225 g/mol. The normalized spacial score (nSPS) is 10.6. The Bertz CT molecular complexity index is 264. The van der Waals surface area contributed by atoms with E-state index in [-0.39, 0.29) is 4.60 Å². The number of alkyl halides is 2. The minimum absolute atomic E-state index is 0.208. The highest BCUT2D eigenvalue weighted by Gasteiger charge is 2.13. The molecule has 0 unspecified atom stereocenters. The van der Waals surface area contributed by atoms with Crippen molar-refractivity contribution >= 4 is 15.9 Å². The topological polar surface area (TPSA) is 12.9 Å². The Morgan fingerprint density at radius 2 is 2.00 bits per heavy atom. The van der Waals surface area contributed by atoms with E-state index in [9.17, 15) is 13.2 Å². The van der Waals surface area contributed by atoms with Gasteiger partial charge < -0.3 is 0 Å². The summed E-state index contributed by atoms with van der Waals surface area (Å²) in [5, 5.41) is 0. The summed E-state index contributed by atoms with van der Waals surface area (Å²) in [6.07, 6.45) is -2.81. The van der Waals surface area contributed by atoms with Crippen LogP contribution in [0.1, 0.15) is 12.0 Å². The third-order valence-electron chi connectivity index (χ3n) is 1.08. The average Bonchev–Trinajstić information content (AvgIpc) is 1.85. The van der Waals surface area contributed by atoms with Gasteiger partial charge in [0, 0.05) is 0 Å². The first kappa shape index (κ1) is 8.52. The van der Waals surface area contributed by atoms with Gasteiger partial charge in [0.15, 0.2) is 0 Å². The van der Waals surface area contributed by atoms with E-state index in [0.29, 0.717) is 0 Å². The van der Waals surface area contributed by atoms with E-state index in [0.717, 1.165) is 6.07 Å². The van der Waals surface area contributed by atoms with Crippen LogP contribution in [-0.2, 0) is 0 Å². The second kappa shape index (κ2) is 3.21. The third-order valence-corrected chi connectivity index (χ3v) is 1.52. The molecule has 0 radical (unpaired) electrons. The molecule has 1 heterocycles. The predicted molar refractivity (Wildman–Crippen MR) is 36.9 cm³/mol. The quantitative estimate of drug-likeness (QED) is 0.671. The zero-order valence-electron chi connectivity index (χ0n) is 5.19. The summed E-state index contributed by atoms with van der Waals surface area (Å²) in [6.45, 7) is 0. The molecular weight excluding hydrogens is 223 g/mol. The number of halogens is 4. The van der Waals surface area contributed by atoms with E-state index >= 15 is 0 Å². The van der Waals surface area contributed by atoms with Crippen molar-refractivity contribution in [3.63, 3.8) is 0 Å². The first-order chi connectivity index (χ1) is 5.11. The van der Waals surface area contributed by atoms with Crippen molar-refractivity contribution in [1.29, 1.82) is 0 Å². The van der Waals surface area contributed by atoms with Crippen molar-refractivity contribution in [3.05, 3.63) is 28.2 Å². The smallest absolute Gasteiger partial charge is 0.212 e. The van der Waals surface area contributed by atoms with Crippen LogP contribution in [0.15, 0.2) is 16.7 Å². The summed E-state index contributed by atoms with van der Waals surface area (Å²) < 4.78 is 36.4. The van der Waals surface area contributed by atoms with Gasteiger partial charge in [0.1, 0.15) is 4.60 Å². The van der Waals surface area contributed by atoms with Crippen LogP contribution in [0.25, 0.3) is 0 Å². The Hall–Kier alpha value is -0.580. The van der Waals surface area contributed by atoms with Gasteiger partial charge in [-0.3, -0.25) is 0 Å². The summed E-state index contributed by atoms with van der Waals surface area (Å²) in [6, 6.07) is 2.27. The summed E-state index contributed by atoms with van der Waals surface area (Å²) in [4.78, 5) is 3.16. The molecule has 0 saturated carbocycles. The van der Waals surface area contributed by atoms with Crippen LogP contribution in [0.2, 0.25) is 0 Å². The molecule has 5 heteroatoms. The maximum Gasteiger partial charge on any atom is 0.268 e. The molecule has 0 aromatic carbocycles. The molecule has 0 spiro atoms. The van der Waals surface area contributed by atoms with Crippen LogP contribution in [0.4, 0.5) is 13.2 Å². The Labute approximate surface area is 69.4 Å². The van der Waals surface area contributed by atoms with Crippen LogP contribution < -0.4 is 0 Å². The van der Waals surface area contributed by atoms with Gasteiger partial charge in [0.2, 0.25) is 5.95 Å². The first-order valence-corrected chi connectivity index (χ1v) is 3.50. The van der Waals surface area contributed by atoms with Crippen LogP contribution in [0.5, 0.6) is 0 Å². The number of hydrogen-bond donors (Lipinski definition) is 0. The number of nitrogens with zero attached hydrogens (tertiary/aromatic N) is 1. The van der Waals surface area contributed by atoms with Gasteiger partial charge in [0.05, 0.1) is 5.56 Å². The first-order valence-electron chi connectivity index (χ1n) is 2.71. The molecular formula is C6H3BrF3N. The molecule has 1 aromatic rings. The van der Waals surface area contributed by atoms with E-state index in [2.05, 4.69) is 20.9 Å². The van der Waals surface area contributed by atoms with E-state index in [4.69, 9.17) is 0 Å². The van der Waals surface area contributed by atoms with Gasteiger partial charge in [-0.25, -0.2) is 13.8 Å². The Balaban J connectivity index is 3.09. The summed E-state index contributed by atoms with van der Waals surface area (Å²) >= 11 is 2.85. The molecule has 0 atom stereocenters. The van der Waals surface area contributed by atoms with Crippen LogP contribution in [-0.4, -0.2) is 4.98 Å². The molecule has 0 bridgehead atoms. The largest absolute Gasteiger partial charge is 0.268 e. The molecule has 0 aliphatic heterocycles. The number of hydrogen-bond acceptors (Lipinski definition) is 1.